The van der Waals surface area contributed by atoms with E-state index in [9.17, 15) is 29.3 Å². The van der Waals surface area contributed by atoms with Crippen molar-refractivity contribution >= 4 is 19.7 Å². The van der Waals surface area contributed by atoms with Crippen molar-refractivity contribution in [1.29, 1.82) is 0 Å². The topological polar surface area (TPSA) is 170 Å². The van der Waals surface area contributed by atoms with Crippen molar-refractivity contribution in [2.75, 3.05) is 39.6 Å². The Bertz CT molecular complexity index is 1150. The van der Waals surface area contributed by atoms with Gasteiger partial charge in [0.15, 0.2) is 11.5 Å². The molecule has 1 amide bonds. The number of amides is 1. The molecule has 13 heteroatoms. The molecule has 0 saturated heterocycles. The van der Waals surface area contributed by atoms with E-state index >= 15 is 0 Å². The van der Waals surface area contributed by atoms with Crippen molar-refractivity contribution < 1.29 is 52.5 Å². The highest BCUT2D eigenvalue weighted by Gasteiger charge is 2.23. The quantitative estimate of drug-likeness (QED) is 0.0465. The van der Waals surface area contributed by atoms with Crippen LogP contribution in [0.15, 0.2) is 12.1 Å². The first-order chi connectivity index (χ1) is 21.6. The summed E-state index contributed by atoms with van der Waals surface area (Å²) < 4.78 is 37.2. The second-order valence-corrected chi connectivity index (χ2v) is 11.7. The highest BCUT2D eigenvalue weighted by molar-refractivity contribution is 7.47. The number of phenols is 1. The lowest BCUT2D eigenvalue weighted by Crippen LogP contribution is -2.27. The molecule has 4 N–H and O–H groups in total. The maximum Gasteiger partial charge on any atom is 0.472 e. The smallest absolute Gasteiger partial charge is 0.472 e. The summed E-state index contributed by atoms with van der Waals surface area (Å²) in [5, 5.41) is 22.6. The number of aliphatic hydroxyl groups is 1. The number of phosphoric acid groups is 1. The molecule has 1 aromatic carbocycles. The first-order valence-corrected chi connectivity index (χ1v) is 16.9. The molecule has 0 fully saturated rings. The number of rotatable bonds is 26. The zero-order valence-corrected chi connectivity index (χ0v) is 27.1. The molecular formula is C32H48NO11P. The molecule has 0 heterocycles. The van der Waals surface area contributed by atoms with Crippen LogP contribution >= 0.6 is 7.82 Å². The number of phenolic OH excluding ortho intramolecular Hbond substituents is 1. The van der Waals surface area contributed by atoms with Crippen LogP contribution in [0.3, 0.4) is 0 Å². The minimum atomic E-state index is -4.58. The summed E-state index contributed by atoms with van der Waals surface area (Å²) in [6.07, 6.45) is 22.1. The molecule has 1 aromatic rings. The van der Waals surface area contributed by atoms with Gasteiger partial charge in [-0.15, -0.1) is 12.8 Å². The summed E-state index contributed by atoms with van der Waals surface area (Å²) in [6, 6.07) is 2.41. The lowest BCUT2D eigenvalue weighted by atomic mass is 10.1. The van der Waals surface area contributed by atoms with Gasteiger partial charge in [-0.2, -0.15) is 0 Å². The van der Waals surface area contributed by atoms with Gasteiger partial charge in [-0.25, -0.2) is 4.57 Å². The van der Waals surface area contributed by atoms with Gasteiger partial charge in [0, 0.05) is 18.5 Å². The lowest BCUT2D eigenvalue weighted by Gasteiger charge is -2.16. The largest absolute Gasteiger partial charge is 0.504 e. The summed E-state index contributed by atoms with van der Waals surface area (Å²) in [5.41, 5.74) is -0.0165. The Morgan fingerprint density at radius 1 is 0.911 bits per heavy atom. The number of aliphatic hydroxyl groups excluding tert-OH is 1. The van der Waals surface area contributed by atoms with Crippen molar-refractivity contribution in [3.63, 3.8) is 0 Å². The Labute approximate surface area is 266 Å². The van der Waals surface area contributed by atoms with Gasteiger partial charge in [0.1, 0.15) is 25.9 Å². The van der Waals surface area contributed by atoms with Crippen molar-refractivity contribution in [2.45, 2.75) is 90.1 Å². The average molecular weight is 654 g/mol. The Kier molecular flexibility index (Phi) is 21.3. The number of hydrogen-bond donors (Lipinski definition) is 4. The Hall–Kier alpha value is -3.25. The van der Waals surface area contributed by atoms with E-state index in [0.29, 0.717) is 6.42 Å². The Morgan fingerprint density at radius 2 is 1.51 bits per heavy atom. The van der Waals surface area contributed by atoms with Crippen molar-refractivity contribution in [3.05, 3.63) is 17.7 Å². The summed E-state index contributed by atoms with van der Waals surface area (Å²) in [7, 11) is -4.58. The summed E-state index contributed by atoms with van der Waals surface area (Å²) in [4.78, 5) is 34.2. The fraction of sp³-hybridized carbons (Fsp3) is 0.625. The minimum Gasteiger partial charge on any atom is -0.504 e. The number of aromatic hydroxyl groups is 1. The lowest BCUT2D eigenvalue weighted by molar-refractivity contribution is -0.147. The molecule has 1 rings (SSSR count). The van der Waals surface area contributed by atoms with Gasteiger partial charge < -0.3 is 34.6 Å². The van der Waals surface area contributed by atoms with Gasteiger partial charge in [0.2, 0.25) is 5.75 Å². The number of nitrogens with one attached hydrogen (secondary N) is 1. The molecule has 0 bridgehead atoms. The number of hydrogen-bond acceptors (Lipinski definition) is 10. The van der Waals surface area contributed by atoms with Crippen LogP contribution in [0.1, 0.15) is 94.3 Å². The van der Waals surface area contributed by atoms with E-state index in [4.69, 9.17) is 36.1 Å². The highest BCUT2D eigenvalue weighted by Crippen LogP contribution is 2.43. The molecule has 0 aliphatic heterocycles. The molecule has 0 radical (unpaired) electrons. The second kappa shape index (κ2) is 24.0. The highest BCUT2D eigenvalue weighted by atomic mass is 31.2. The van der Waals surface area contributed by atoms with E-state index in [1.165, 1.54) is 51.0 Å². The van der Waals surface area contributed by atoms with E-state index in [2.05, 4.69) is 24.1 Å². The van der Waals surface area contributed by atoms with Gasteiger partial charge in [0.05, 0.1) is 13.2 Å². The van der Waals surface area contributed by atoms with E-state index in [0.717, 1.165) is 25.3 Å². The monoisotopic (exact) mass is 653 g/mol. The molecule has 0 aromatic heterocycles. The number of benzene rings is 1. The SMILES string of the molecule is C#CCOc1cc(C(=O)NCCOP(=O)(O)OC[C@H](O)COC(=O)CCCCCCCCCCCCC)cc(O)c1OCC#C. The number of terminal acetylenes is 2. The van der Waals surface area contributed by atoms with Crippen LogP contribution in [-0.2, 0) is 23.1 Å². The van der Waals surface area contributed by atoms with Crippen LogP contribution < -0.4 is 14.8 Å². The standard InChI is InChI=1S/C32H48NO11P/c1-4-7-8-9-10-11-12-13-14-15-16-17-30(36)42-24-27(34)25-44-45(38,39)43-21-18-33-32(37)26-22-28(35)31(41-20-6-3)29(23-26)40-19-5-2/h2-3,22-23,27,34-35H,4,7-21,24-25H2,1H3,(H,33,37)(H,38,39)/t27-/m1/s1. The van der Waals surface area contributed by atoms with Gasteiger partial charge >= 0.3 is 13.8 Å². The number of esters is 1. The first-order valence-electron chi connectivity index (χ1n) is 15.4. The predicted molar refractivity (Wildman–Crippen MR) is 169 cm³/mol. The van der Waals surface area contributed by atoms with Gasteiger partial charge in [-0.1, -0.05) is 83.0 Å². The fourth-order valence-electron chi connectivity index (χ4n) is 4.09. The third-order valence-electron chi connectivity index (χ3n) is 6.40. The third kappa shape index (κ3) is 19.0. The second-order valence-electron chi connectivity index (χ2n) is 10.3. The third-order valence-corrected chi connectivity index (χ3v) is 7.39. The predicted octanol–water partition coefficient (Wildman–Crippen LogP) is 4.88. The van der Waals surface area contributed by atoms with Crippen LogP contribution in [0, 0.1) is 24.7 Å². The molecule has 0 aliphatic carbocycles. The molecule has 252 valence electrons. The van der Waals surface area contributed by atoms with Gasteiger partial charge in [-0.05, 0) is 18.6 Å². The van der Waals surface area contributed by atoms with Crippen molar-refractivity contribution in [2.24, 2.45) is 0 Å². The summed E-state index contributed by atoms with van der Waals surface area (Å²) in [6.45, 7) is 0.268. The molecule has 0 saturated carbocycles. The first kappa shape index (κ1) is 39.8. The number of carbonyl (C=O) groups excluding carboxylic acids is 2. The zero-order valence-electron chi connectivity index (χ0n) is 26.2. The fourth-order valence-corrected chi connectivity index (χ4v) is 4.85. The zero-order chi connectivity index (χ0) is 33.3. The van der Waals surface area contributed by atoms with Crippen molar-refractivity contribution in [1.82, 2.24) is 5.32 Å². The normalized spacial score (nSPS) is 12.7. The number of unbranched alkanes of at least 4 members (excludes halogenated alkanes) is 10. The molecule has 2 atom stereocenters. The molecular weight excluding hydrogens is 605 g/mol. The summed E-state index contributed by atoms with van der Waals surface area (Å²) in [5.74, 6) is 2.89. The summed E-state index contributed by atoms with van der Waals surface area (Å²) >= 11 is 0. The molecule has 1 unspecified atom stereocenters. The van der Waals surface area contributed by atoms with E-state index < -0.39 is 44.8 Å². The van der Waals surface area contributed by atoms with Crippen molar-refractivity contribution in [3.8, 4) is 41.9 Å². The van der Waals surface area contributed by atoms with Gasteiger partial charge in [-0.3, -0.25) is 18.6 Å². The van der Waals surface area contributed by atoms with E-state index in [-0.39, 0.29) is 49.8 Å². The number of phosphoric ester groups is 1. The van der Waals surface area contributed by atoms with Gasteiger partial charge in [0.25, 0.3) is 5.91 Å². The number of carbonyl (C=O) groups is 2. The van der Waals surface area contributed by atoms with E-state index in [1.54, 1.807) is 0 Å². The molecule has 0 aliphatic rings. The number of ether oxygens (including phenoxy) is 3. The van der Waals surface area contributed by atoms with Crippen LogP contribution in [0.4, 0.5) is 0 Å². The van der Waals surface area contributed by atoms with E-state index in [1.807, 2.05) is 0 Å². The maximum atomic E-state index is 12.5. The van der Waals surface area contributed by atoms with Crippen LogP contribution in [0.2, 0.25) is 0 Å². The molecule has 12 nitrogen and oxygen atoms in total. The maximum absolute atomic E-state index is 12.5. The average Bonchev–Trinajstić information content (AvgIpc) is 3.01. The van der Waals surface area contributed by atoms with Crippen LogP contribution in [0.5, 0.6) is 17.2 Å². The Balaban J connectivity index is 2.26. The van der Waals surface area contributed by atoms with Crippen LogP contribution in [-0.4, -0.2) is 72.7 Å². The Morgan fingerprint density at radius 3 is 2.13 bits per heavy atom. The molecule has 45 heavy (non-hydrogen) atoms. The molecule has 0 spiro atoms. The van der Waals surface area contributed by atoms with Crippen LogP contribution in [0.25, 0.3) is 0 Å². The minimum absolute atomic E-state index is 0.00354.